The number of carbonyl (C=O) groups is 1. The van der Waals surface area contributed by atoms with E-state index < -0.39 is 0 Å². The Bertz CT molecular complexity index is 552. The lowest BCUT2D eigenvalue weighted by atomic mass is 10.0. The standard InChI is InChI=1S/C13H14N2O2/c1-17-12-4-2-3-10-7-9(5-6-11(10)12)8-13(16)15-14/h2-7H,8,14H2,1H3,(H,15,16). The number of benzene rings is 2. The molecule has 2 aromatic carbocycles. The van der Waals surface area contributed by atoms with Crippen molar-refractivity contribution in [1.29, 1.82) is 0 Å². The van der Waals surface area contributed by atoms with Gasteiger partial charge in [0.05, 0.1) is 13.5 Å². The van der Waals surface area contributed by atoms with E-state index >= 15 is 0 Å². The first kappa shape index (κ1) is 11.4. The van der Waals surface area contributed by atoms with Crippen molar-refractivity contribution >= 4 is 16.7 Å². The van der Waals surface area contributed by atoms with Crippen LogP contribution in [0.25, 0.3) is 10.8 Å². The number of nitrogens with two attached hydrogens (primary N) is 1. The van der Waals surface area contributed by atoms with Gasteiger partial charge in [0.15, 0.2) is 0 Å². The topological polar surface area (TPSA) is 64.3 Å². The molecular weight excluding hydrogens is 216 g/mol. The summed E-state index contributed by atoms with van der Waals surface area (Å²) < 4.78 is 5.27. The fourth-order valence-corrected chi connectivity index (χ4v) is 1.83. The summed E-state index contributed by atoms with van der Waals surface area (Å²) in [6, 6.07) is 11.6. The van der Waals surface area contributed by atoms with Crippen molar-refractivity contribution in [3.05, 3.63) is 42.0 Å². The van der Waals surface area contributed by atoms with Crippen LogP contribution in [-0.4, -0.2) is 13.0 Å². The molecule has 4 nitrogen and oxygen atoms in total. The van der Waals surface area contributed by atoms with Crippen LogP contribution in [0.4, 0.5) is 0 Å². The predicted octanol–water partition coefficient (Wildman–Crippen LogP) is 1.38. The molecule has 0 aliphatic rings. The molecule has 0 heterocycles. The largest absolute Gasteiger partial charge is 0.496 e. The highest BCUT2D eigenvalue weighted by Gasteiger charge is 2.04. The van der Waals surface area contributed by atoms with Crippen LogP contribution in [-0.2, 0) is 11.2 Å². The first-order valence-corrected chi connectivity index (χ1v) is 5.29. The Hall–Kier alpha value is -2.07. The van der Waals surface area contributed by atoms with Gasteiger partial charge in [-0.15, -0.1) is 0 Å². The Kier molecular flexibility index (Phi) is 3.25. The predicted molar refractivity (Wildman–Crippen MR) is 66.5 cm³/mol. The molecule has 3 N–H and O–H groups in total. The van der Waals surface area contributed by atoms with Crippen molar-refractivity contribution in [2.24, 2.45) is 5.84 Å². The van der Waals surface area contributed by atoms with Gasteiger partial charge in [0.1, 0.15) is 5.75 Å². The zero-order valence-electron chi connectivity index (χ0n) is 9.57. The van der Waals surface area contributed by atoms with Gasteiger partial charge in [0.2, 0.25) is 5.91 Å². The second-order valence-corrected chi connectivity index (χ2v) is 3.76. The van der Waals surface area contributed by atoms with Crippen LogP contribution in [0.5, 0.6) is 5.75 Å². The van der Waals surface area contributed by atoms with Crippen molar-refractivity contribution in [3.8, 4) is 5.75 Å². The minimum atomic E-state index is -0.202. The van der Waals surface area contributed by atoms with E-state index in [-0.39, 0.29) is 12.3 Å². The number of amides is 1. The lowest BCUT2D eigenvalue weighted by molar-refractivity contribution is -0.120. The van der Waals surface area contributed by atoms with Gasteiger partial charge in [0, 0.05) is 5.39 Å². The molecule has 0 aliphatic carbocycles. The molecule has 88 valence electrons. The molecule has 2 rings (SSSR count). The lowest BCUT2D eigenvalue weighted by Gasteiger charge is -2.07. The highest BCUT2D eigenvalue weighted by molar-refractivity contribution is 5.89. The summed E-state index contributed by atoms with van der Waals surface area (Å²) in [6.45, 7) is 0. The summed E-state index contributed by atoms with van der Waals surface area (Å²) in [7, 11) is 1.64. The van der Waals surface area contributed by atoms with E-state index in [1.807, 2.05) is 36.4 Å². The second kappa shape index (κ2) is 4.84. The van der Waals surface area contributed by atoms with Gasteiger partial charge >= 0.3 is 0 Å². The molecule has 0 radical (unpaired) electrons. The van der Waals surface area contributed by atoms with Crippen LogP contribution in [0.1, 0.15) is 5.56 Å². The fourth-order valence-electron chi connectivity index (χ4n) is 1.83. The van der Waals surface area contributed by atoms with E-state index in [0.717, 1.165) is 22.1 Å². The van der Waals surface area contributed by atoms with Gasteiger partial charge in [0.25, 0.3) is 0 Å². The van der Waals surface area contributed by atoms with Crippen molar-refractivity contribution < 1.29 is 9.53 Å². The summed E-state index contributed by atoms with van der Waals surface area (Å²) in [5, 5.41) is 2.08. The van der Waals surface area contributed by atoms with Crippen LogP contribution in [0, 0.1) is 0 Å². The van der Waals surface area contributed by atoms with Gasteiger partial charge in [-0.1, -0.05) is 30.3 Å². The Morgan fingerprint density at radius 3 is 2.88 bits per heavy atom. The molecule has 0 aliphatic heterocycles. The zero-order valence-corrected chi connectivity index (χ0v) is 9.57. The van der Waals surface area contributed by atoms with Crippen LogP contribution >= 0.6 is 0 Å². The number of rotatable bonds is 3. The average molecular weight is 230 g/mol. The molecule has 0 spiro atoms. The fraction of sp³-hybridized carbons (Fsp3) is 0.154. The molecule has 2 aromatic rings. The summed E-state index contributed by atoms with van der Waals surface area (Å²) >= 11 is 0. The van der Waals surface area contributed by atoms with E-state index in [9.17, 15) is 4.79 Å². The SMILES string of the molecule is COc1cccc2cc(CC(=O)NN)ccc12. The first-order valence-electron chi connectivity index (χ1n) is 5.29. The number of hydrogen-bond acceptors (Lipinski definition) is 3. The third kappa shape index (κ3) is 2.37. The number of hydrogen-bond donors (Lipinski definition) is 2. The van der Waals surface area contributed by atoms with Crippen LogP contribution < -0.4 is 16.0 Å². The van der Waals surface area contributed by atoms with Gasteiger partial charge in [-0.25, -0.2) is 5.84 Å². The smallest absolute Gasteiger partial charge is 0.238 e. The van der Waals surface area contributed by atoms with Crippen LogP contribution in [0.3, 0.4) is 0 Å². The molecule has 0 aromatic heterocycles. The summed E-state index contributed by atoms with van der Waals surface area (Å²) in [4.78, 5) is 11.2. The van der Waals surface area contributed by atoms with Crippen molar-refractivity contribution in [2.45, 2.75) is 6.42 Å². The molecule has 17 heavy (non-hydrogen) atoms. The number of nitrogens with one attached hydrogen (secondary N) is 1. The summed E-state index contributed by atoms with van der Waals surface area (Å²) in [5.74, 6) is 5.69. The molecular formula is C13H14N2O2. The summed E-state index contributed by atoms with van der Waals surface area (Å²) in [5.41, 5.74) is 3.05. The van der Waals surface area contributed by atoms with Crippen molar-refractivity contribution in [2.75, 3.05) is 7.11 Å². The van der Waals surface area contributed by atoms with E-state index in [4.69, 9.17) is 10.6 Å². The zero-order chi connectivity index (χ0) is 12.3. The normalized spacial score (nSPS) is 10.2. The van der Waals surface area contributed by atoms with Crippen LogP contribution in [0.2, 0.25) is 0 Å². The van der Waals surface area contributed by atoms with E-state index in [2.05, 4.69) is 5.43 Å². The Morgan fingerprint density at radius 2 is 2.18 bits per heavy atom. The highest BCUT2D eigenvalue weighted by atomic mass is 16.5. The number of methoxy groups -OCH3 is 1. The molecule has 0 saturated heterocycles. The summed E-state index contributed by atoms with van der Waals surface area (Å²) in [6.07, 6.45) is 0.281. The first-order chi connectivity index (χ1) is 8.24. The lowest BCUT2D eigenvalue weighted by Crippen LogP contribution is -2.31. The number of fused-ring (bicyclic) bond motifs is 1. The minimum absolute atomic E-state index is 0.202. The third-order valence-electron chi connectivity index (χ3n) is 2.65. The number of carbonyl (C=O) groups excluding carboxylic acids is 1. The van der Waals surface area contributed by atoms with Gasteiger partial charge in [-0.05, 0) is 17.0 Å². The van der Waals surface area contributed by atoms with Crippen molar-refractivity contribution in [1.82, 2.24) is 5.43 Å². The Labute approximate surface area is 99.3 Å². The van der Waals surface area contributed by atoms with Crippen molar-refractivity contribution in [3.63, 3.8) is 0 Å². The highest BCUT2D eigenvalue weighted by Crippen LogP contribution is 2.26. The van der Waals surface area contributed by atoms with E-state index in [1.54, 1.807) is 7.11 Å². The van der Waals surface area contributed by atoms with Crippen LogP contribution in [0.15, 0.2) is 36.4 Å². The molecule has 0 atom stereocenters. The third-order valence-corrected chi connectivity index (χ3v) is 2.65. The quantitative estimate of drug-likeness (QED) is 0.475. The number of ether oxygens (including phenoxy) is 1. The van der Waals surface area contributed by atoms with E-state index in [0.29, 0.717) is 0 Å². The maximum absolute atomic E-state index is 11.2. The van der Waals surface area contributed by atoms with E-state index in [1.165, 1.54) is 0 Å². The average Bonchev–Trinajstić information content (AvgIpc) is 2.37. The van der Waals surface area contributed by atoms with Gasteiger partial charge in [-0.2, -0.15) is 0 Å². The molecule has 0 fully saturated rings. The monoisotopic (exact) mass is 230 g/mol. The Morgan fingerprint density at radius 1 is 1.35 bits per heavy atom. The maximum Gasteiger partial charge on any atom is 0.238 e. The molecule has 1 amide bonds. The molecule has 0 bridgehead atoms. The molecule has 0 unspecified atom stereocenters. The van der Waals surface area contributed by atoms with Gasteiger partial charge in [-0.3, -0.25) is 10.2 Å². The molecule has 4 heteroatoms. The van der Waals surface area contributed by atoms with Gasteiger partial charge < -0.3 is 4.74 Å². The maximum atomic E-state index is 11.2. The minimum Gasteiger partial charge on any atom is -0.496 e. The Balaban J connectivity index is 2.41. The molecule has 0 saturated carbocycles. The number of hydrazine groups is 1. The second-order valence-electron chi connectivity index (χ2n) is 3.76.